The molecule has 7 heteroatoms. The number of nitrogens with zero attached hydrogens (tertiary/aromatic N) is 3. The lowest BCUT2D eigenvalue weighted by Gasteiger charge is -2.36. The van der Waals surface area contributed by atoms with Crippen LogP contribution in [0.3, 0.4) is 0 Å². The number of carbonyl (C=O) groups excluding carboxylic acids is 1. The molecule has 0 radical (unpaired) electrons. The first-order chi connectivity index (χ1) is 14.1. The highest BCUT2D eigenvalue weighted by atomic mass is 35.5. The highest BCUT2D eigenvalue weighted by Gasteiger charge is 2.32. The quantitative estimate of drug-likeness (QED) is 0.783. The van der Waals surface area contributed by atoms with Crippen LogP contribution in [0.5, 0.6) is 5.75 Å². The minimum Gasteiger partial charge on any atom is -0.492 e. The second kappa shape index (κ2) is 9.18. The Hall–Kier alpha value is -2.05. The van der Waals surface area contributed by atoms with Crippen LogP contribution in [0.15, 0.2) is 30.3 Å². The van der Waals surface area contributed by atoms with E-state index in [4.69, 9.17) is 16.3 Å². The fourth-order valence-electron chi connectivity index (χ4n) is 4.46. The summed E-state index contributed by atoms with van der Waals surface area (Å²) in [6.45, 7) is 6.19. The van der Waals surface area contributed by atoms with Gasteiger partial charge in [-0.05, 0) is 44.0 Å². The second-order valence-corrected chi connectivity index (χ2v) is 8.47. The van der Waals surface area contributed by atoms with Crippen LogP contribution in [0, 0.1) is 0 Å². The maximum absolute atomic E-state index is 11.5. The van der Waals surface area contributed by atoms with E-state index >= 15 is 0 Å². The van der Waals surface area contributed by atoms with Crippen molar-refractivity contribution in [3.63, 3.8) is 0 Å². The van der Waals surface area contributed by atoms with Crippen molar-refractivity contribution in [2.75, 3.05) is 32.8 Å². The molecule has 0 unspecified atom stereocenters. The standard InChI is InChI=1S/C22H29ClN4O2/c1-16(28)26-11-7-19(8-12-26)27-10-6-17(15-27)21-14-18(24-25-21)9-13-29-22-5-3-2-4-20(22)23/h2-5,14,17,19H,6-13,15H2,1H3,(H,24,25)/t17-/m0/s1. The van der Waals surface area contributed by atoms with Crippen LogP contribution in [-0.4, -0.2) is 64.7 Å². The predicted molar refractivity (Wildman–Crippen MR) is 113 cm³/mol. The number of halogens is 1. The summed E-state index contributed by atoms with van der Waals surface area (Å²) < 4.78 is 5.78. The van der Waals surface area contributed by atoms with Gasteiger partial charge in [-0.15, -0.1) is 0 Å². The number of aromatic nitrogens is 2. The molecule has 2 fully saturated rings. The molecule has 2 saturated heterocycles. The van der Waals surface area contributed by atoms with Crippen molar-refractivity contribution < 1.29 is 9.53 Å². The number of amides is 1. The minimum atomic E-state index is 0.199. The highest BCUT2D eigenvalue weighted by Crippen LogP contribution is 2.30. The number of piperidine rings is 1. The SMILES string of the molecule is CC(=O)N1CCC(N2CC[C@H](c3cc(CCOc4ccccc4Cl)[nH]n3)C2)CC1. The topological polar surface area (TPSA) is 61.5 Å². The first-order valence-corrected chi connectivity index (χ1v) is 10.9. The Balaban J connectivity index is 1.25. The van der Waals surface area contributed by atoms with E-state index in [-0.39, 0.29) is 5.91 Å². The summed E-state index contributed by atoms with van der Waals surface area (Å²) >= 11 is 6.13. The lowest BCUT2D eigenvalue weighted by Crippen LogP contribution is -2.45. The number of hydrogen-bond donors (Lipinski definition) is 1. The summed E-state index contributed by atoms with van der Waals surface area (Å²) in [7, 11) is 0. The molecule has 0 spiro atoms. The van der Waals surface area contributed by atoms with Crippen molar-refractivity contribution in [3.05, 3.63) is 46.7 Å². The monoisotopic (exact) mass is 416 g/mol. The Labute approximate surface area is 177 Å². The molecule has 6 nitrogen and oxygen atoms in total. The molecule has 1 N–H and O–H groups in total. The predicted octanol–water partition coefficient (Wildman–Crippen LogP) is 3.48. The molecule has 1 aromatic carbocycles. The summed E-state index contributed by atoms with van der Waals surface area (Å²) in [6, 6.07) is 10.3. The Kier molecular flexibility index (Phi) is 6.40. The number of rotatable bonds is 6. The van der Waals surface area contributed by atoms with Crippen LogP contribution in [0.1, 0.15) is 43.5 Å². The summed E-state index contributed by atoms with van der Waals surface area (Å²) in [5, 5.41) is 8.38. The summed E-state index contributed by atoms with van der Waals surface area (Å²) in [5.41, 5.74) is 2.25. The molecule has 3 heterocycles. The third-order valence-corrected chi connectivity index (χ3v) is 6.49. The molecule has 1 aromatic heterocycles. The van der Waals surface area contributed by atoms with Gasteiger partial charge in [0.1, 0.15) is 5.75 Å². The maximum atomic E-state index is 11.5. The van der Waals surface area contributed by atoms with Gasteiger partial charge in [-0.2, -0.15) is 5.10 Å². The smallest absolute Gasteiger partial charge is 0.219 e. The largest absolute Gasteiger partial charge is 0.492 e. The number of ether oxygens (including phenoxy) is 1. The Morgan fingerprint density at radius 1 is 1.24 bits per heavy atom. The van der Waals surface area contributed by atoms with Gasteiger partial charge in [0.15, 0.2) is 0 Å². The number of likely N-dealkylation sites (tertiary alicyclic amines) is 2. The molecular formula is C22H29ClN4O2. The van der Waals surface area contributed by atoms with Gasteiger partial charge in [-0.3, -0.25) is 14.8 Å². The number of benzene rings is 1. The molecule has 4 rings (SSSR count). The van der Waals surface area contributed by atoms with Crippen molar-refractivity contribution in [3.8, 4) is 5.75 Å². The van der Waals surface area contributed by atoms with E-state index in [1.807, 2.05) is 29.2 Å². The van der Waals surface area contributed by atoms with Crippen LogP contribution < -0.4 is 4.74 Å². The lowest BCUT2D eigenvalue weighted by molar-refractivity contribution is -0.130. The van der Waals surface area contributed by atoms with Crippen molar-refractivity contribution in [2.24, 2.45) is 0 Å². The van der Waals surface area contributed by atoms with Gasteiger partial charge >= 0.3 is 0 Å². The Morgan fingerprint density at radius 2 is 2.03 bits per heavy atom. The van der Waals surface area contributed by atoms with Crippen LogP contribution in [0.4, 0.5) is 0 Å². The summed E-state index contributed by atoms with van der Waals surface area (Å²) in [5.74, 6) is 1.40. The summed E-state index contributed by atoms with van der Waals surface area (Å²) in [6.07, 6.45) is 4.08. The molecule has 29 heavy (non-hydrogen) atoms. The molecule has 0 saturated carbocycles. The van der Waals surface area contributed by atoms with E-state index < -0.39 is 0 Å². The first kappa shape index (κ1) is 20.2. The van der Waals surface area contributed by atoms with Crippen LogP contribution in [0.2, 0.25) is 5.02 Å². The van der Waals surface area contributed by atoms with Gasteiger partial charge in [0.05, 0.1) is 17.3 Å². The van der Waals surface area contributed by atoms with Crippen LogP contribution >= 0.6 is 11.6 Å². The molecular weight excluding hydrogens is 388 g/mol. The van der Waals surface area contributed by atoms with E-state index in [0.29, 0.717) is 23.6 Å². The van der Waals surface area contributed by atoms with Gasteiger partial charge in [-0.1, -0.05) is 23.7 Å². The van der Waals surface area contributed by atoms with E-state index in [2.05, 4.69) is 21.2 Å². The number of nitrogens with one attached hydrogen (secondary N) is 1. The number of carbonyl (C=O) groups is 1. The molecule has 0 bridgehead atoms. The zero-order valence-electron chi connectivity index (χ0n) is 16.9. The average Bonchev–Trinajstić information content (AvgIpc) is 3.39. The number of H-pyrrole nitrogens is 1. The number of para-hydroxylation sites is 1. The third-order valence-electron chi connectivity index (χ3n) is 6.18. The third kappa shape index (κ3) is 4.93. The highest BCUT2D eigenvalue weighted by molar-refractivity contribution is 6.32. The van der Waals surface area contributed by atoms with Gasteiger partial charge in [0.2, 0.25) is 5.91 Å². The lowest BCUT2D eigenvalue weighted by atomic mass is 10.0. The molecule has 0 aliphatic carbocycles. The van der Waals surface area contributed by atoms with Crippen LogP contribution in [-0.2, 0) is 11.2 Å². The fraction of sp³-hybridized carbons (Fsp3) is 0.545. The van der Waals surface area contributed by atoms with Crippen molar-refractivity contribution in [2.45, 2.75) is 44.6 Å². The minimum absolute atomic E-state index is 0.199. The average molecular weight is 417 g/mol. The molecule has 1 atom stereocenters. The molecule has 2 aliphatic heterocycles. The van der Waals surface area contributed by atoms with Crippen molar-refractivity contribution >= 4 is 17.5 Å². The zero-order chi connectivity index (χ0) is 20.2. The normalized spacial score (nSPS) is 20.9. The molecule has 156 valence electrons. The fourth-order valence-corrected chi connectivity index (χ4v) is 4.65. The van der Waals surface area contributed by atoms with E-state index in [0.717, 1.165) is 69.0 Å². The second-order valence-electron chi connectivity index (χ2n) is 8.06. The van der Waals surface area contributed by atoms with Crippen molar-refractivity contribution in [1.82, 2.24) is 20.0 Å². The van der Waals surface area contributed by atoms with Crippen LogP contribution in [0.25, 0.3) is 0 Å². The first-order valence-electron chi connectivity index (χ1n) is 10.5. The van der Waals surface area contributed by atoms with E-state index in [1.54, 1.807) is 6.92 Å². The number of hydrogen-bond acceptors (Lipinski definition) is 4. The van der Waals surface area contributed by atoms with Gasteiger partial charge in [0.25, 0.3) is 0 Å². The Bertz CT molecular complexity index is 832. The molecule has 2 aliphatic rings. The number of aromatic amines is 1. The van der Waals surface area contributed by atoms with E-state index in [9.17, 15) is 4.79 Å². The maximum Gasteiger partial charge on any atom is 0.219 e. The zero-order valence-corrected chi connectivity index (χ0v) is 17.7. The summed E-state index contributed by atoms with van der Waals surface area (Å²) in [4.78, 5) is 16.1. The van der Waals surface area contributed by atoms with Gasteiger partial charge < -0.3 is 9.64 Å². The Morgan fingerprint density at radius 3 is 2.79 bits per heavy atom. The molecule has 1 amide bonds. The molecule has 2 aromatic rings. The van der Waals surface area contributed by atoms with Gasteiger partial charge in [0, 0.05) is 50.6 Å². The van der Waals surface area contributed by atoms with Gasteiger partial charge in [-0.25, -0.2) is 0 Å². The van der Waals surface area contributed by atoms with Crippen molar-refractivity contribution in [1.29, 1.82) is 0 Å². The van der Waals surface area contributed by atoms with E-state index in [1.165, 1.54) is 0 Å².